The van der Waals surface area contributed by atoms with Crippen molar-refractivity contribution in [2.45, 2.75) is 45.5 Å². The lowest BCUT2D eigenvalue weighted by Gasteiger charge is -2.23. The number of hydrogen-bond donors (Lipinski definition) is 5. The molecule has 7 N–H and O–H groups in total. The van der Waals surface area contributed by atoms with E-state index in [1.165, 1.54) is 0 Å². The number of aliphatic hydroxyl groups is 3. The van der Waals surface area contributed by atoms with Gasteiger partial charge in [0.25, 0.3) is 0 Å². The van der Waals surface area contributed by atoms with Crippen LogP contribution in [-0.2, 0) is 0 Å². The van der Waals surface area contributed by atoms with Gasteiger partial charge in [-0.2, -0.15) is 0 Å². The molecule has 0 fully saturated rings. The summed E-state index contributed by atoms with van der Waals surface area (Å²) in [6, 6.07) is 1.57. The quantitative estimate of drug-likeness (QED) is 0.521. The highest BCUT2D eigenvalue weighted by Gasteiger charge is 2.23. The minimum atomic E-state index is -0.860. The summed E-state index contributed by atoms with van der Waals surface area (Å²) in [5.74, 6) is 0. The second-order valence-electron chi connectivity index (χ2n) is 4.57. The molecule has 0 aliphatic carbocycles. The maximum Gasteiger partial charge on any atom is 0.0808 e. The number of aliphatic hydroxyl groups excluding tert-OH is 3. The Hall–Kier alpha value is -1.30. The summed E-state index contributed by atoms with van der Waals surface area (Å²) in [6.45, 7) is 4.94. The maximum absolute atomic E-state index is 9.89. The molecule has 5 heteroatoms. The molecule has 0 saturated heterocycles. The Labute approximate surface area is 107 Å². The Bertz CT molecular complexity index is 431. The molecule has 0 heterocycles. The Balaban J connectivity index is 3.56. The fourth-order valence-electron chi connectivity index (χ4n) is 2.19. The molecule has 1 aromatic rings. The van der Waals surface area contributed by atoms with Gasteiger partial charge in [0.2, 0.25) is 0 Å². The van der Waals surface area contributed by atoms with Gasteiger partial charge in [0.15, 0.2) is 0 Å². The smallest absolute Gasteiger partial charge is 0.0808 e. The van der Waals surface area contributed by atoms with Gasteiger partial charge in [-0.05, 0) is 26.3 Å². The molecule has 0 radical (unpaired) electrons. The van der Waals surface area contributed by atoms with Gasteiger partial charge in [0, 0.05) is 28.1 Å². The molecule has 0 aliphatic rings. The molecule has 3 unspecified atom stereocenters. The van der Waals surface area contributed by atoms with Gasteiger partial charge in [-0.3, -0.25) is 0 Å². The van der Waals surface area contributed by atoms with Crippen molar-refractivity contribution < 1.29 is 15.3 Å². The molecule has 1 aromatic carbocycles. The van der Waals surface area contributed by atoms with E-state index >= 15 is 0 Å². The zero-order valence-corrected chi connectivity index (χ0v) is 11.0. The normalized spacial score (nSPS) is 16.3. The molecule has 102 valence electrons. The third kappa shape index (κ3) is 2.58. The van der Waals surface area contributed by atoms with E-state index in [-0.39, 0.29) is 0 Å². The monoisotopic (exact) mass is 254 g/mol. The lowest BCUT2D eigenvalue weighted by Crippen LogP contribution is -2.13. The van der Waals surface area contributed by atoms with Crippen LogP contribution in [0.25, 0.3) is 0 Å². The summed E-state index contributed by atoms with van der Waals surface area (Å²) in [5.41, 5.74) is 13.8. The molecule has 5 nitrogen and oxygen atoms in total. The largest absolute Gasteiger partial charge is 0.398 e. The van der Waals surface area contributed by atoms with Gasteiger partial charge in [-0.15, -0.1) is 0 Å². The van der Waals surface area contributed by atoms with E-state index in [0.717, 1.165) is 0 Å². The summed E-state index contributed by atoms with van der Waals surface area (Å²) in [7, 11) is 0. The zero-order chi connectivity index (χ0) is 14.0. The van der Waals surface area contributed by atoms with Gasteiger partial charge < -0.3 is 26.8 Å². The minimum absolute atomic E-state index is 0.296. The molecule has 1 rings (SSSR count). The Morgan fingerprint density at radius 3 is 1.94 bits per heavy atom. The third-order valence-electron chi connectivity index (χ3n) is 3.09. The van der Waals surface area contributed by atoms with Crippen LogP contribution in [0, 0.1) is 0 Å². The number of hydrogen-bond acceptors (Lipinski definition) is 5. The van der Waals surface area contributed by atoms with Gasteiger partial charge in [0.1, 0.15) is 0 Å². The highest BCUT2D eigenvalue weighted by molar-refractivity contribution is 5.68. The van der Waals surface area contributed by atoms with Gasteiger partial charge in [-0.25, -0.2) is 0 Å². The van der Waals surface area contributed by atoms with Crippen molar-refractivity contribution in [1.82, 2.24) is 0 Å². The number of benzene rings is 1. The van der Waals surface area contributed by atoms with Crippen LogP contribution in [0.15, 0.2) is 6.07 Å². The first-order chi connectivity index (χ1) is 8.31. The van der Waals surface area contributed by atoms with E-state index in [9.17, 15) is 15.3 Å². The summed E-state index contributed by atoms with van der Waals surface area (Å²) >= 11 is 0. The first-order valence-corrected chi connectivity index (χ1v) is 6.07. The predicted molar refractivity (Wildman–Crippen MR) is 71.8 cm³/mol. The molecular weight excluding hydrogens is 232 g/mol. The fraction of sp³-hybridized carbons (Fsp3) is 0.538. The molecular formula is C13H22N2O3. The molecule has 0 aliphatic heterocycles. The van der Waals surface area contributed by atoms with E-state index in [0.29, 0.717) is 34.5 Å². The third-order valence-corrected chi connectivity index (χ3v) is 3.09. The SMILES string of the molecule is CCC(O)c1cc(N)c(C(C)O)c(C(C)O)c1N. The van der Waals surface area contributed by atoms with Crippen molar-refractivity contribution in [1.29, 1.82) is 0 Å². The van der Waals surface area contributed by atoms with Crippen LogP contribution in [0.5, 0.6) is 0 Å². The molecule has 0 bridgehead atoms. The Kier molecular flexibility index (Phi) is 4.56. The van der Waals surface area contributed by atoms with Crippen LogP contribution in [0.1, 0.15) is 62.2 Å². The first kappa shape index (κ1) is 14.8. The van der Waals surface area contributed by atoms with Gasteiger partial charge >= 0.3 is 0 Å². The number of nitrogens with two attached hydrogens (primary N) is 2. The highest BCUT2D eigenvalue weighted by Crippen LogP contribution is 2.38. The first-order valence-electron chi connectivity index (χ1n) is 6.07. The lowest BCUT2D eigenvalue weighted by molar-refractivity contribution is 0.169. The highest BCUT2D eigenvalue weighted by atomic mass is 16.3. The molecule has 0 amide bonds. The Morgan fingerprint density at radius 1 is 1.06 bits per heavy atom. The van der Waals surface area contributed by atoms with Crippen molar-refractivity contribution in [3.8, 4) is 0 Å². The molecule has 18 heavy (non-hydrogen) atoms. The maximum atomic E-state index is 9.89. The summed E-state index contributed by atoms with van der Waals surface area (Å²) in [5, 5.41) is 29.4. The second-order valence-corrected chi connectivity index (χ2v) is 4.57. The van der Waals surface area contributed by atoms with E-state index in [1.54, 1.807) is 19.9 Å². The van der Waals surface area contributed by atoms with Gasteiger partial charge in [0.05, 0.1) is 18.3 Å². The second kappa shape index (κ2) is 5.56. The van der Waals surface area contributed by atoms with Gasteiger partial charge in [-0.1, -0.05) is 6.92 Å². The summed E-state index contributed by atoms with van der Waals surface area (Å²) in [4.78, 5) is 0. The summed E-state index contributed by atoms with van der Waals surface area (Å²) in [6.07, 6.45) is -1.92. The number of rotatable bonds is 4. The minimum Gasteiger partial charge on any atom is -0.398 e. The lowest BCUT2D eigenvalue weighted by atomic mass is 9.90. The molecule has 0 saturated carbocycles. The van der Waals surface area contributed by atoms with Crippen molar-refractivity contribution in [2.75, 3.05) is 11.5 Å². The average Bonchev–Trinajstić information content (AvgIpc) is 2.29. The van der Waals surface area contributed by atoms with Crippen molar-refractivity contribution >= 4 is 11.4 Å². The number of nitrogen functional groups attached to an aromatic ring is 2. The molecule has 0 aromatic heterocycles. The van der Waals surface area contributed by atoms with Crippen LogP contribution in [0.3, 0.4) is 0 Å². The standard InChI is InChI=1S/C13H22N2O3/c1-4-10(18)8-5-9(14)11(6(2)16)12(7(3)17)13(8)15/h5-7,10,16-18H,4,14-15H2,1-3H3. The summed E-state index contributed by atoms with van der Waals surface area (Å²) < 4.78 is 0. The molecule has 3 atom stereocenters. The zero-order valence-electron chi connectivity index (χ0n) is 11.0. The van der Waals surface area contributed by atoms with Crippen LogP contribution in [0.4, 0.5) is 11.4 Å². The van der Waals surface area contributed by atoms with E-state index in [1.807, 2.05) is 6.92 Å². The fourth-order valence-corrected chi connectivity index (χ4v) is 2.19. The van der Waals surface area contributed by atoms with Crippen LogP contribution in [-0.4, -0.2) is 15.3 Å². The average molecular weight is 254 g/mol. The predicted octanol–water partition coefficient (Wildman–Crippen LogP) is 1.40. The van der Waals surface area contributed by atoms with Crippen LogP contribution < -0.4 is 11.5 Å². The van der Waals surface area contributed by atoms with Crippen LogP contribution in [0.2, 0.25) is 0 Å². The van der Waals surface area contributed by atoms with Crippen molar-refractivity contribution in [3.05, 3.63) is 22.8 Å². The van der Waals surface area contributed by atoms with Crippen molar-refractivity contribution in [3.63, 3.8) is 0 Å². The topological polar surface area (TPSA) is 113 Å². The van der Waals surface area contributed by atoms with E-state index in [4.69, 9.17) is 11.5 Å². The van der Waals surface area contributed by atoms with Crippen LogP contribution >= 0.6 is 0 Å². The van der Waals surface area contributed by atoms with E-state index in [2.05, 4.69) is 0 Å². The molecule has 0 spiro atoms. The number of anilines is 2. The van der Waals surface area contributed by atoms with Crippen molar-refractivity contribution in [2.24, 2.45) is 0 Å². The van der Waals surface area contributed by atoms with E-state index < -0.39 is 18.3 Å². The Morgan fingerprint density at radius 2 is 1.56 bits per heavy atom.